The van der Waals surface area contributed by atoms with Gasteiger partial charge in [0.05, 0.1) is 24.5 Å². The van der Waals surface area contributed by atoms with E-state index in [0.29, 0.717) is 37.5 Å². The maximum atomic E-state index is 12.2. The molecule has 1 aliphatic rings. The average molecular weight is 351 g/mol. The van der Waals surface area contributed by atoms with Crippen molar-refractivity contribution < 1.29 is 24.4 Å². The van der Waals surface area contributed by atoms with Crippen LogP contribution in [0.5, 0.6) is 5.75 Å². The highest BCUT2D eigenvalue weighted by molar-refractivity contribution is 5.76. The van der Waals surface area contributed by atoms with E-state index in [0.717, 1.165) is 0 Å². The summed E-state index contributed by atoms with van der Waals surface area (Å²) < 4.78 is 5.55. The van der Waals surface area contributed by atoms with Gasteiger partial charge in [0.1, 0.15) is 5.75 Å². The number of non-ortho nitro benzene ring substituents is 1. The number of carbonyl (C=O) groups is 2. The van der Waals surface area contributed by atoms with Crippen molar-refractivity contribution in [2.45, 2.75) is 13.3 Å². The first-order valence-electron chi connectivity index (χ1n) is 7.96. The van der Waals surface area contributed by atoms with Crippen molar-refractivity contribution in [2.24, 2.45) is 0 Å². The molecule has 1 aromatic rings. The highest BCUT2D eigenvalue weighted by atomic mass is 16.6. The molecule has 1 heterocycles. The Balaban J connectivity index is 1.76. The second-order valence-corrected chi connectivity index (χ2v) is 5.86. The smallest absolute Gasteiger partial charge is 0.317 e. The molecule has 25 heavy (non-hydrogen) atoms. The second-order valence-electron chi connectivity index (χ2n) is 5.86. The van der Waals surface area contributed by atoms with Crippen LogP contribution in [0.3, 0.4) is 0 Å². The van der Waals surface area contributed by atoms with Gasteiger partial charge in [-0.25, -0.2) is 0 Å². The predicted octanol–water partition coefficient (Wildman–Crippen LogP) is 0.901. The number of nitro benzene ring substituents is 1. The molecule has 0 aliphatic carbocycles. The topological polar surface area (TPSA) is 113 Å². The molecule has 0 unspecified atom stereocenters. The Morgan fingerprint density at radius 1 is 1.28 bits per heavy atom. The Labute approximate surface area is 144 Å². The number of hydrogen-bond donors (Lipinski definition) is 1. The number of nitrogens with zero attached hydrogens (tertiary/aromatic N) is 3. The minimum Gasteiger partial charge on any atom is -0.493 e. The van der Waals surface area contributed by atoms with Gasteiger partial charge in [0.2, 0.25) is 5.91 Å². The lowest BCUT2D eigenvalue weighted by Gasteiger charge is -2.33. The van der Waals surface area contributed by atoms with Crippen molar-refractivity contribution in [1.82, 2.24) is 9.80 Å². The number of hydrogen-bond acceptors (Lipinski definition) is 6. The standard InChI is InChI=1S/C16H21N3O6/c1-12-10-13(19(23)24)2-3-14(12)25-9-4-15(20)18-7-5-17(6-8-18)11-16(21)22/h2-3,10H,4-9,11H2,1H3,(H,21,22). The largest absolute Gasteiger partial charge is 0.493 e. The lowest BCUT2D eigenvalue weighted by atomic mass is 10.2. The fraction of sp³-hybridized carbons (Fsp3) is 0.500. The van der Waals surface area contributed by atoms with Crippen LogP contribution >= 0.6 is 0 Å². The van der Waals surface area contributed by atoms with Crippen molar-refractivity contribution in [3.8, 4) is 5.75 Å². The maximum absolute atomic E-state index is 12.2. The summed E-state index contributed by atoms with van der Waals surface area (Å²) in [7, 11) is 0. The van der Waals surface area contributed by atoms with Gasteiger partial charge in [0.15, 0.2) is 0 Å². The van der Waals surface area contributed by atoms with Gasteiger partial charge in [-0.2, -0.15) is 0 Å². The van der Waals surface area contributed by atoms with Crippen molar-refractivity contribution in [2.75, 3.05) is 39.3 Å². The first kappa shape index (κ1) is 18.7. The van der Waals surface area contributed by atoms with Gasteiger partial charge in [0, 0.05) is 38.3 Å². The van der Waals surface area contributed by atoms with Gasteiger partial charge in [-0.05, 0) is 18.6 Å². The molecular weight excluding hydrogens is 330 g/mol. The molecule has 1 N–H and O–H groups in total. The lowest BCUT2D eigenvalue weighted by molar-refractivity contribution is -0.384. The third-order valence-electron chi connectivity index (χ3n) is 4.03. The van der Waals surface area contributed by atoms with Crippen molar-refractivity contribution >= 4 is 17.6 Å². The zero-order valence-electron chi connectivity index (χ0n) is 14.0. The Hall–Kier alpha value is -2.68. The maximum Gasteiger partial charge on any atom is 0.317 e. The molecule has 0 spiro atoms. The number of benzene rings is 1. The molecule has 0 saturated carbocycles. The van der Waals surface area contributed by atoms with E-state index in [1.807, 2.05) is 0 Å². The number of piperazine rings is 1. The van der Waals surface area contributed by atoms with E-state index >= 15 is 0 Å². The minimum atomic E-state index is -0.869. The Kier molecular flexibility index (Phi) is 6.29. The molecule has 1 aromatic carbocycles. The molecule has 9 heteroatoms. The third kappa shape index (κ3) is 5.42. The highest BCUT2D eigenvalue weighted by Crippen LogP contribution is 2.23. The van der Waals surface area contributed by atoms with Gasteiger partial charge in [0.25, 0.3) is 5.69 Å². The number of ether oxygens (including phenoxy) is 1. The summed E-state index contributed by atoms with van der Waals surface area (Å²) in [6.45, 7) is 3.98. The SMILES string of the molecule is Cc1cc([N+](=O)[O-])ccc1OCCC(=O)N1CCN(CC(=O)O)CC1. The van der Waals surface area contributed by atoms with Crippen LogP contribution in [0.2, 0.25) is 0 Å². The summed E-state index contributed by atoms with van der Waals surface area (Å²) in [6.07, 6.45) is 0.204. The zero-order valence-corrected chi connectivity index (χ0v) is 14.0. The number of amides is 1. The molecule has 0 aromatic heterocycles. The summed E-state index contributed by atoms with van der Waals surface area (Å²) in [5, 5.41) is 19.5. The number of carboxylic acid groups (broad SMARTS) is 1. The zero-order chi connectivity index (χ0) is 18.4. The number of carbonyl (C=O) groups excluding carboxylic acids is 1. The van der Waals surface area contributed by atoms with Gasteiger partial charge >= 0.3 is 5.97 Å². The van der Waals surface area contributed by atoms with Crippen LogP contribution in [0, 0.1) is 17.0 Å². The van der Waals surface area contributed by atoms with Crippen LogP contribution in [0.4, 0.5) is 5.69 Å². The van der Waals surface area contributed by atoms with E-state index in [-0.39, 0.29) is 31.2 Å². The molecule has 0 atom stereocenters. The minimum absolute atomic E-state index is 0.000146. The Morgan fingerprint density at radius 3 is 2.52 bits per heavy atom. The van der Waals surface area contributed by atoms with Crippen LogP contribution in [0.15, 0.2) is 18.2 Å². The predicted molar refractivity (Wildman–Crippen MR) is 88.6 cm³/mol. The first-order chi connectivity index (χ1) is 11.9. The van der Waals surface area contributed by atoms with Gasteiger partial charge < -0.3 is 14.7 Å². The van der Waals surface area contributed by atoms with E-state index in [9.17, 15) is 19.7 Å². The summed E-state index contributed by atoms with van der Waals surface area (Å²) in [5.41, 5.74) is 0.643. The molecule has 136 valence electrons. The van der Waals surface area contributed by atoms with Crippen LogP contribution in [-0.4, -0.2) is 71.0 Å². The third-order valence-corrected chi connectivity index (χ3v) is 4.03. The van der Waals surface area contributed by atoms with E-state index in [2.05, 4.69) is 0 Å². The lowest BCUT2D eigenvalue weighted by Crippen LogP contribution is -2.50. The van der Waals surface area contributed by atoms with Crippen LogP contribution < -0.4 is 4.74 Å². The fourth-order valence-corrected chi connectivity index (χ4v) is 2.66. The summed E-state index contributed by atoms with van der Waals surface area (Å²) in [6, 6.07) is 4.33. The van der Waals surface area contributed by atoms with E-state index in [4.69, 9.17) is 9.84 Å². The quantitative estimate of drug-likeness (QED) is 0.573. The first-order valence-corrected chi connectivity index (χ1v) is 7.96. The summed E-state index contributed by atoms with van der Waals surface area (Å²) in [5.74, 6) is -0.397. The van der Waals surface area contributed by atoms with E-state index < -0.39 is 10.9 Å². The van der Waals surface area contributed by atoms with Crippen LogP contribution in [-0.2, 0) is 9.59 Å². The summed E-state index contributed by atoms with van der Waals surface area (Å²) >= 11 is 0. The van der Waals surface area contributed by atoms with Gasteiger partial charge in [-0.3, -0.25) is 24.6 Å². The number of nitro groups is 1. The van der Waals surface area contributed by atoms with Crippen LogP contribution in [0.1, 0.15) is 12.0 Å². The van der Waals surface area contributed by atoms with Crippen LogP contribution in [0.25, 0.3) is 0 Å². The van der Waals surface area contributed by atoms with Crippen molar-refractivity contribution in [3.63, 3.8) is 0 Å². The number of rotatable bonds is 7. The summed E-state index contributed by atoms with van der Waals surface area (Å²) in [4.78, 5) is 36.6. The van der Waals surface area contributed by atoms with Crippen molar-refractivity contribution in [3.05, 3.63) is 33.9 Å². The number of carboxylic acids is 1. The fourth-order valence-electron chi connectivity index (χ4n) is 2.66. The molecule has 1 saturated heterocycles. The molecular formula is C16H21N3O6. The molecule has 1 aliphatic heterocycles. The normalized spacial score (nSPS) is 15.0. The van der Waals surface area contributed by atoms with E-state index in [1.54, 1.807) is 16.7 Å². The highest BCUT2D eigenvalue weighted by Gasteiger charge is 2.22. The monoisotopic (exact) mass is 351 g/mol. The van der Waals surface area contributed by atoms with Gasteiger partial charge in [-0.15, -0.1) is 0 Å². The Bertz CT molecular complexity index is 655. The van der Waals surface area contributed by atoms with Crippen molar-refractivity contribution in [1.29, 1.82) is 0 Å². The second kappa shape index (κ2) is 8.43. The average Bonchev–Trinajstić information content (AvgIpc) is 2.56. The van der Waals surface area contributed by atoms with E-state index in [1.165, 1.54) is 18.2 Å². The van der Waals surface area contributed by atoms with Gasteiger partial charge in [-0.1, -0.05) is 0 Å². The molecule has 1 amide bonds. The molecule has 0 radical (unpaired) electrons. The molecule has 0 bridgehead atoms. The number of aliphatic carboxylic acids is 1. The number of aryl methyl sites for hydroxylation is 1. The Morgan fingerprint density at radius 2 is 1.96 bits per heavy atom. The molecule has 2 rings (SSSR count). The molecule has 9 nitrogen and oxygen atoms in total. The molecule has 1 fully saturated rings.